The Kier molecular flexibility index (Phi) is 5.83. The second kappa shape index (κ2) is 7.16. The zero-order valence-corrected chi connectivity index (χ0v) is 10.9. The normalized spacial score (nSPS) is 10.2. The van der Waals surface area contributed by atoms with Crippen LogP contribution in [0.15, 0.2) is 30.3 Å². The van der Waals surface area contributed by atoms with Gasteiger partial charge in [-0.2, -0.15) is 0 Å². The average Bonchev–Trinajstić information content (AvgIpc) is 2.26. The van der Waals surface area contributed by atoms with Gasteiger partial charge in [-0.25, -0.2) is 0 Å². The van der Waals surface area contributed by atoms with Crippen molar-refractivity contribution in [2.75, 3.05) is 0 Å². The molecular formula is C14H19BO2. The molecule has 0 heterocycles. The largest absolute Gasteiger partial charge is 0.550 e. The predicted octanol–water partition coefficient (Wildman–Crippen LogP) is 2.92. The van der Waals surface area contributed by atoms with Crippen LogP contribution in [0.3, 0.4) is 0 Å². The molecule has 0 fully saturated rings. The summed E-state index contributed by atoms with van der Waals surface area (Å²) in [6.07, 6.45) is 0.202. The van der Waals surface area contributed by atoms with Crippen LogP contribution in [0, 0.1) is 11.7 Å². The van der Waals surface area contributed by atoms with Crippen LogP contribution in [0.1, 0.15) is 33.3 Å². The summed E-state index contributed by atoms with van der Waals surface area (Å²) in [7, 11) is -0.463. The summed E-state index contributed by atoms with van der Waals surface area (Å²) in [6, 6.07) is 9.83. The van der Waals surface area contributed by atoms with Crippen LogP contribution in [-0.2, 0) is 9.31 Å². The SMILES string of the molecule is CC(C)OB(C#Cc1ccccc1)OC(C)C. The highest BCUT2D eigenvalue weighted by molar-refractivity contribution is 6.54. The second-order valence-electron chi connectivity index (χ2n) is 4.34. The summed E-state index contributed by atoms with van der Waals surface area (Å²) < 4.78 is 11.2. The fourth-order valence-corrected chi connectivity index (χ4v) is 1.26. The van der Waals surface area contributed by atoms with Crippen LogP contribution in [0.25, 0.3) is 0 Å². The number of hydrogen-bond acceptors (Lipinski definition) is 2. The monoisotopic (exact) mass is 230 g/mol. The highest BCUT2D eigenvalue weighted by Crippen LogP contribution is 2.01. The third-order valence-corrected chi connectivity index (χ3v) is 1.90. The molecule has 0 bridgehead atoms. The molecule has 0 amide bonds. The zero-order chi connectivity index (χ0) is 12.7. The number of benzene rings is 1. The van der Waals surface area contributed by atoms with Gasteiger partial charge in [-0.3, -0.25) is 0 Å². The summed E-state index contributed by atoms with van der Waals surface area (Å²) >= 11 is 0. The Morgan fingerprint density at radius 2 is 1.47 bits per heavy atom. The van der Waals surface area contributed by atoms with E-state index in [4.69, 9.17) is 9.31 Å². The standard InChI is InChI=1S/C14H19BO2/c1-12(2)16-15(17-13(3)4)11-10-14-8-6-5-7-9-14/h5-9,12-13H,1-4H3. The maximum atomic E-state index is 5.59. The molecule has 0 radical (unpaired) electrons. The Bertz CT molecular complexity index is 366. The fraction of sp³-hybridized carbons (Fsp3) is 0.429. The molecule has 0 atom stereocenters. The first-order valence-corrected chi connectivity index (χ1v) is 5.95. The van der Waals surface area contributed by atoms with Gasteiger partial charge < -0.3 is 9.31 Å². The van der Waals surface area contributed by atoms with E-state index in [0.29, 0.717) is 0 Å². The molecule has 1 rings (SSSR count). The van der Waals surface area contributed by atoms with Gasteiger partial charge >= 0.3 is 7.12 Å². The Morgan fingerprint density at radius 3 is 1.94 bits per heavy atom. The van der Waals surface area contributed by atoms with Gasteiger partial charge in [0.25, 0.3) is 0 Å². The topological polar surface area (TPSA) is 18.5 Å². The van der Waals surface area contributed by atoms with Gasteiger partial charge in [-0.1, -0.05) is 29.9 Å². The molecule has 0 N–H and O–H groups in total. The quantitative estimate of drug-likeness (QED) is 0.584. The van der Waals surface area contributed by atoms with Crippen LogP contribution in [0.2, 0.25) is 0 Å². The van der Waals surface area contributed by atoms with Crippen molar-refractivity contribution < 1.29 is 9.31 Å². The molecule has 3 heteroatoms. The minimum atomic E-state index is -0.463. The Hall–Kier alpha value is -1.24. The molecule has 0 aliphatic rings. The van der Waals surface area contributed by atoms with E-state index in [2.05, 4.69) is 11.7 Å². The zero-order valence-electron chi connectivity index (χ0n) is 10.9. The van der Waals surface area contributed by atoms with Gasteiger partial charge in [-0.05, 0) is 39.8 Å². The average molecular weight is 230 g/mol. The molecule has 0 saturated heterocycles. The first-order valence-electron chi connectivity index (χ1n) is 5.95. The molecule has 90 valence electrons. The minimum Gasteiger partial charge on any atom is -0.398 e. The smallest absolute Gasteiger partial charge is 0.398 e. The van der Waals surface area contributed by atoms with Crippen molar-refractivity contribution in [2.24, 2.45) is 0 Å². The summed E-state index contributed by atoms with van der Waals surface area (Å²) in [4.78, 5) is 0. The first-order chi connectivity index (χ1) is 8.08. The summed E-state index contributed by atoms with van der Waals surface area (Å²) in [5, 5.41) is 0. The van der Waals surface area contributed by atoms with Crippen molar-refractivity contribution in [3.63, 3.8) is 0 Å². The van der Waals surface area contributed by atoms with E-state index < -0.39 is 7.12 Å². The lowest BCUT2D eigenvalue weighted by molar-refractivity contribution is 0.140. The molecule has 0 spiro atoms. The van der Waals surface area contributed by atoms with Crippen molar-refractivity contribution in [3.05, 3.63) is 35.9 Å². The van der Waals surface area contributed by atoms with Crippen molar-refractivity contribution in [2.45, 2.75) is 39.9 Å². The summed E-state index contributed by atoms with van der Waals surface area (Å²) in [5.74, 6) is 6.06. The molecule has 0 aliphatic carbocycles. The molecule has 0 saturated carbocycles. The van der Waals surface area contributed by atoms with E-state index in [0.717, 1.165) is 5.56 Å². The first kappa shape index (κ1) is 13.8. The number of rotatable bonds is 4. The predicted molar refractivity (Wildman–Crippen MR) is 71.5 cm³/mol. The van der Waals surface area contributed by atoms with Crippen LogP contribution in [0.4, 0.5) is 0 Å². The molecule has 1 aromatic rings. The van der Waals surface area contributed by atoms with E-state index >= 15 is 0 Å². The molecule has 2 nitrogen and oxygen atoms in total. The minimum absolute atomic E-state index is 0.101. The maximum absolute atomic E-state index is 5.59. The van der Waals surface area contributed by atoms with E-state index in [9.17, 15) is 0 Å². The Morgan fingerprint density at radius 1 is 0.941 bits per heavy atom. The fourth-order valence-electron chi connectivity index (χ4n) is 1.26. The van der Waals surface area contributed by atoms with Crippen molar-refractivity contribution in [1.29, 1.82) is 0 Å². The third-order valence-electron chi connectivity index (χ3n) is 1.90. The highest BCUT2D eigenvalue weighted by atomic mass is 16.6. The highest BCUT2D eigenvalue weighted by Gasteiger charge is 2.18. The Balaban J connectivity index is 2.68. The van der Waals surface area contributed by atoms with Crippen LogP contribution in [0.5, 0.6) is 0 Å². The van der Waals surface area contributed by atoms with Gasteiger partial charge in [0.1, 0.15) is 0 Å². The molecule has 0 unspecified atom stereocenters. The van der Waals surface area contributed by atoms with Crippen LogP contribution < -0.4 is 0 Å². The van der Waals surface area contributed by atoms with E-state index in [-0.39, 0.29) is 12.2 Å². The molecule has 0 aliphatic heterocycles. The lowest BCUT2D eigenvalue weighted by atomic mass is 9.90. The third kappa shape index (κ3) is 6.16. The van der Waals surface area contributed by atoms with Gasteiger partial charge in [0, 0.05) is 17.8 Å². The van der Waals surface area contributed by atoms with E-state index in [1.807, 2.05) is 58.0 Å². The molecule has 1 aromatic carbocycles. The van der Waals surface area contributed by atoms with Gasteiger partial charge in [0.2, 0.25) is 0 Å². The van der Waals surface area contributed by atoms with E-state index in [1.54, 1.807) is 0 Å². The van der Waals surface area contributed by atoms with Gasteiger partial charge in [0.15, 0.2) is 0 Å². The van der Waals surface area contributed by atoms with Crippen molar-refractivity contribution in [1.82, 2.24) is 0 Å². The lowest BCUT2D eigenvalue weighted by Crippen LogP contribution is -2.28. The molecular weight excluding hydrogens is 211 g/mol. The maximum Gasteiger partial charge on any atom is 0.550 e. The second-order valence-corrected chi connectivity index (χ2v) is 4.34. The Labute approximate surface area is 104 Å². The van der Waals surface area contributed by atoms with Gasteiger partial charge in [0.05, 0.1) is 0 Å². The van der Waals surface area contributed by atoms with Crippen LogP contribution >= 0.6 is 0 Å². The molecule has 17 heavy (non-hydrogen) atoms. The summed E-state index contributed by atoms with van der Waals surface area (Å²) in [6.45, 7) is 7.89. The van der Waals surface area contributed by atoms with Crippen molar-refractivity contribution >= 4 is 7.12 Å². The van der Waals surface area contributed by atoms with E-state index in [1.165, 1.54) is 0 Å². The molecule has 0 aromatic heterocycles. The lowest BCUT2D eigenvalue weighted by Gasteiger charge is -2.14. The summed E-state index contributed by atoms with van der Waals surface area (Å²) in [5.41, 5.74) is 0.970. The van der Waals surface area contributed by atoms with Crippen molar-refractivity contribution in [3.8, 4) is 11.7 Å². The van der Waals surface area contributed by atoms with Gasteiger partial charge in [-0.15, -0.1) is 0 Å². The number of hydrogen-bond donors (Lipinski definition) is 0. The van der Waals surface area contributed by atoms with Crippen LogP contribution in [-0.4, -0.2) is 19.3 Å².